The monoisotopic (exact) mass is 256 g/mol. The van der Waals surface area contributed by atoms with Crippen LogP contribution in [0.2, 0.25) is 0 Å². The van der Waals surface area contributed by atoms with Gasteiger partial charge in [-0.2, -0.15) is 0 Å². The largest absolute Gasteiger partial charge is 0.478 e. The fourth-order valence-corrected chi connectivity index (χ4v) is 2.00. The van der Waals surface area contributed by atoms with E-state index in [2.05, 4.69) is 4.98 Å². The van der Waals surface area contributed by atoms with E-state index in [1.54, 1.807) is 18.2 Å². The van der Waals surface area contributed by atoms with Crippen molar-refractivity contribution in [2.75, 3.05) is 11.9 Å². The number of para-hydroxylation sites is 1. The molecule has 1 aromatic heterocycles. The van der Waals surface area contributed by atoms with E-state index in [9.17, 15) is 9.90 Å². The molecule has 0 bridgehead atoms. The highest BCUT2D eigenvalue weighted by Gasteiger charge is 2.13. The Morgan fingerprint density at radius 3 is 2.63 bits per heavy atom. The van der Waals surface area contributed by atoms with Crippen molar-refractivity contribution in [3.05, 3.63) is 59.4 Å². The Kier molecular flexibility index (Phi) is 3.80. The SMILES string of the molecule is Cc1cccc(CN(C)c2ccccc2C(=O)O)n1. The Morgan fingerprint density at radius 2 is 1.95 bits per heavy atom. The highest BCUT2D eigenvalue weighted by molar-refractivity contribution is 5.94. The molecule has 19 heavy (non-hydrogen) atoms. The molecule has 0 aliphatic heterocycles. The van der Waals surface area contributed by atoms with Gasteiger partial charge in [0.05, 0.1) is 23.5 Å². The number of anilines is 1. The van der Waals surface area contributed by atoms with Gasteiger partial charge in [0.1, 0.15) is 0 Å². The Balaban J connectivity index is 2.25. The van der Waals surface area contributed by atoms with Crippen molar-refractivity contribution in [2.45, 2.75) is 13.5 Å². The van der Waals surface area contributed by atoms with Crippen LogP contribution in [0.3, 0.4) is 0 Å². The highest BCUT2D eigenvalue weighted by Crippen LogP contribution is 2.20. The summed E-state index contributed by atoms with van der Waals surface area (Å²) in [4.78, 5) is 17.5. The fourth-order valence-electron chi connectivity index (χ4n) is 2.00. The molecule has 0 aliphatic rings. The molecule has 4 nitrogen and oxygen atoms in total. The molecule has 1 aromatic carbocycles. The zero-order chi connectivity index (χ0) is 13.8. The lowest BCUT2D eigenvalue weighted by Gasteiger charge is -2.20. The predicted molar refractivity (Wildman–Crippen MR) is 74.5 cm³/mol. The Labute approximate surface area is 112 Å². The van der Waals surface area contributed by atoms with Crippen LogP contribution < -0.4 is 4.90 Å². The van der Waals surface area contributed by atoms with E-state index in [-0.39, 0.29) is 0 Å². The standard InChI is InChI=1S/C15H16N2O2/c1-11-6-5-7-12(16-11)10-17(2)14-9-4-3-8-13(14)15(18)19/h3-9H,10H2,1-2H3,(H,18,19). The van der Waals surface area contributed by atoms with Crippen molar-refractivity contribution in [3.8, 4) is 0 Å². The van der Waals surface area contributed by atoms with Gasteiger partial charge in [-0.1, -0.05) is 18.2 Å². The van der Waals surface area contributed by atoms with Crippen LogP contribution in [0.15, 0.2) is 42.5 Å². The van der Waals surface area contributed by atoms with Gasteiger partial charge in [-0.05, 0) is 31.2 Å². The summed E-state index contributed by atoms with van der Waals surface area (Å²) in [5.41, 5.74) is 2.87. The first kappa shape index (κ1) is 13.1. The van der Waals surface area contributed by atoms with Gasteiger partial charge in [-0.25, -0.2) is 4.79 Å². The number of aryl methyl sites for hydroxylation is 1. The van der Waals surface area contributed by atoms with Gasteiger partial charge in [0, 0.05) is 12.7 Å². The van der Waals surface area contributed by atoms with Gasteiger partial charge in [0.2, 0.25) is 0 Å². The Bertz CT molecular complexity index is 596. The number of aromatic nitrogens is 1. The molecule has 4 heteroatoms. The minimum Gasteiger partial charge on any atom is -0.478 e. The van der Waals surface area contributed by atoms with Crippen LogP contribution in [0.4, 0.5) is 5.69 Å². The van der Waals surface area contributed by atoms with E-state index in [0.29, 0.717) is 17.8 Å². The molecule has 0 spiro atoms. The molecule has 2 rings (SSSR count). The third-order valence-electron chi connectivity index (χ3n) is 2.89. The van der Waals surface area contributed by atoms with Gasteiger partial charge in [-0.15, -0.1) is 0 Å². The molecule has 0 unspecified atom stereocenters. The Hall–Kier alpha value is -2.36. The van der Waals surface area contributed by atoms with Crippen molar-refractivity contribution in [3.63, 3.8) is 0 Å². The van der Waals surface area contributed by atoms with Gasteiger partial charge in [0.25, 0.3) is 0 Å². The summed E-state index contributed by atoms with van der Waals surface area (Å²) >= 11 is 0. The van der Waals surface area contributed by atoms with Gasteiger partial charge < -0.3 is 10.0 Å². The fraction of sp³-hybridized carbons (Fsp3) is 0.200. The van der Waals surface area contributed by atoms with Gasteiger partial charge in [0.15, 0.2) is 0 Å². The Morgan fingerprint density at radius 1 is 1.21 bits per heavy atom. The molecule has 0 aliphatic carbocycles. The molecule has 0 atom stereocenters. The third-order valence-corrected chi connectivity index (χ3v) is 2.89. The summed E-state index contributed by atoms with van der Waals surface area (Å²) < 4.78 is 0. The second kappa shape index (κ2) is 5.52. The number of nitrogens with zero attached hydrogens (tertiary/aromatic N) is 2. The van der Waals surface area contributed by atoms with E-state index < -0.39 is 5.97 Å². The molecule has 0 radical (unpaired) electrons. The number of benzene rings is 1. The lowest BCUT2D eigenvalue weighted by atomic mass is 10.1. The lowest BCUT2D eigenvalue weighted by molar-refractivity contribution is 0.0697. The van der Waals surface area contributed by atoms with Crippen LogP contribution >= 0.6 is 0 Å². The van der Waals surface area contributed by atoms with Crippen LogP contribution in [0.25, 0.3) is 0 Å². The normalized spacial score (nSPS) is 10.2. The van der Waals surface area contributed by atoms with Crippen molar-refractivity contribution < 1.29 is 9.90 Å². The molecule has 0 fully saturated rings. The van der Waals surface area contributed by atoms with E-state index in [0.717, 1.165) is 11.4 Å². The molecular formula is C15H16N2O2. The summed E-state index contributed by atoms with van der Waals surface area (Å²) in [6, 6.07) is 12.8. The minimum absolute atomic E-state index is 0.303. The topological polar surface area (TPSA) is 53.4 Å². The maximum absolute atomic E-state index is 11.2. The van der Waals surface area contributed by atoms with Crippen molar-refractivity contribution >= 4 is 11.7 Å². The number of carboxylic acids is 1. The number of hydrogen-bond acceptors (Lipinski definition) is 3. The van der Waals surface area contributed by atoms with E-state index in [1.165, 1.54) is 0 Å². The average molecular weight is 256 g/mol. The predicted octanol–water partition coefficient (Wildman–Crippen LogP) is 2.72. The average Bonchev–Trinajstić information content (AvgIpc) is 2.38. The molecule has 1 heterocycles. The van der Waals surface area contributed by atoms with Gasteiger partial charge >= 0.3 is 5.97 Å². The molecular weight excluding hydrogens is 240 g/mol. The summed E-state index contributed by atoms with van der Waals surface area (Å²) in [7, 11) is 1.87. The van der Waals surface area contributed by atoms with Crippen molar-refractivity contribution in [1.29, 1.82) is 0 Å². The summed E-state index contributed by atoms with van der Waals surface area (Å²) in [5, 5.41) is 9.18. The lowest BCUT2D eigenvalue weighted by Crippen LogP contribution is -2.20. The molecule has 98 valence electrons. The quantitative estimate of drug-likeness (QED) is 0.913. The molecule has 0 amide bonds. The van der Waals surface area contributed by atoms with Crippen LogP contribution in [0, 0.1) is 6.92 Å². The van der Waals surface area contributed by atoms with Crippen LogP contribution in [-0.2, 0) is 6.54 Å². The van der Waals surface area contributed by atoms with Crippen molar-refractivity contribution in [2.24, 2.45) is 0 Å². The van der Waals surface area contributed by atoms with Crippen LogP contribution in [0.5, 0.6) is 0 Å². The molecule has 2 aromatic rings. The second-order valence-corrected chi connectivity index (χ2v) is 4.45. The number of rotatable bonds is 4. The number of pyridine rings is 1. The van der Waals surface area contributed by atoms with Crippen molar-refractivity contribution in [1.82, 2.24) is 4.98 Å². The zero-order valence-electron chi connectivity index (χ0n) is 11.0. The minimum atomic E-state index is -0.917. The summed E-state index contributed by atoms with van der Waals surface area (Å²) in [6.45, 7) is 2.51. The number of carboxylic acid groups (broad SMARTS) is 1. The first-order chi connectivity index (χ1) is 9.08. The summed E-state index contributed by atoms with van der Waals surface area (Å²) in [5.74, 6) is -0.917. The van der Waals surface area contributed by atoms with Crippen LogP contribution in [0.1, 0.15) is 21.7 Å². The maximum atomic E-state index is 11.2. The first-order valence-electron chi connectivity index (χ1n) is 6.04. The van der Waals surface area contributed by atoms with E-state index in [4.69, 9.17) is 0 Å². The number of aromatic carboxylic acids is 1. The smallest absolute Gasteiger partial charge is 0.337 e. The maximum Gasteiger partial charge on any atom is 0.337 e. The highest BCUT2D eigenvalue weighted by atomic mass is 16.4. The molecule has 0 saturated carbocycles. The molecule has 1 N–H and O–H groups in total. The van der Waals surface area contributed by atoms with E-state index >= 15 is 0 Å². The van der Waals surface area contributed by atoms with Crippen LogP contribution in [-0.4, -0.2) is 23.1 Å². The van der Waals surface area contributed by atoms with E-state index in [1.807, 2.05) is 43.1 Å². The number of hydrogen-bond donors (Lipinski definition) is 1. The number of carbonyl (C=O) groups is 1. The third kappa shape index (κ3) is 3.10. The molecule has 0 saturated heterocycles. The summed E-state index contributed by atoms with van der Waals surface area (Å²) in [6.07, 6.45) is 0. The second-order valence-electron chi connectivity index (χ2n) is 4.45. The van der Waals surface area contributed by atoms with Gasteiger partial charge in [-0.3, -0.25) is 4.98 Å². The zero-order valence-corrected chi connectivity index (χ0v) is 11.0. The first-order valence-corrected chi connectivity index (χ1v) is 6.04.